The van der Waals surface area contributed by atoms with Gasteiger partial charge in [0.1, 0.15) is 6.10 Å². The highest BCUT2D eigenvalue weighted by Crippen LogP contribution is 2.31. The second-order valence-electron chi connectivity index (χ2n) is 4.30. The van der Waals surface area contributed by atoms with Crippen LogP contribution >= 0.6 is 27.3 Å². The average Bonchev–Trinajstić information content (AvgIpc) is 2.75. The lowest BCUT2D eigenvalue weighted by atomic mass is 9.83. The van der Waals surface area contributed by atoms with Crippen molar-refractivity contribution in [3.63, 3.8) is 0 Å². The second-order valence-corrected chi connectivity index (χ2v) is 6.08. The van der Waals surface area contributed by atoms with E-state index in [-0.39, 0.29) is 11.7 Å². The highest BCUT2D eigenvalue weighted by molar-refractivity contribution is 9.10. The van der Waals surface area contributed by atoms with Gasteiger partial charge in [0.15, 0.2) is 0 Å². The maximum absolute atomic E-state index is 12.1. The van der Waals surface area contributed by atoms with Crippen molar-refractivity contribution in [2.75, 3.05) is 0 Å². The van der Waals surface area contributed by atoms with Gasteiger partial charge in [0.05, 0.1) is 4.88 Å². The Balaban J connectivity index is 2.06. The van der Waals surface area contributed by atoms with Gasteiger partial charge in [-0.3, -0.25) is 4.79 Å². The van der Waals surface area contributed by atoms with E-state index in [0.717, 1.165) is 30.2 Å². The van der Waals surface area contributed by atoms with Crippen LogP contribution in [0.1, 0.15) is 41.8 Å². The zero-order chi connectivity index (χ0) is 11.5. The summed E-state index contributed by atoms with van der Waals surface area (Å²) in [5.41, 5.74) is 0. The summed E-state index contributed by atoms with van der Waals surface area (Å²) in [5, 5.41) is 11.9. The first-order valence-electron chi connectivity index (χ1n) is 5.65. The van der Waals surface area contributed by atoms with Crippen molar-refractivity contribution in [1.29, 1.82) is 0 Å². The summed E-state index contributed by atoms with van der Waals surface area (Å²) in [6.07, 6.45) is 4.67. The molecule has 0 bridgehead atoms. The number of hydrogen-bond acceptors (Lipinski definition) is 3. The molecule has 1 aromatic heterocycles. The molecular weight excluding hydrogens is 288 g/mol. The van der Waals surface area contributed by atoms with E-state index >= 15 is 0 Å². The summed E-state index contributed by atoms with van der Waals surface area (Å²) in [4.78, 5) is 12.7. The van der Waals surface area contributed by atoms with Crippen LogP contribution in [0, 0.1) is 5.92 Å². The van der Waals surface area contributed by atoms with Crippen LogP contribution in [0.25, 0.3) is 0 Å². The van der Waals surface area contributed by atoms with Gasteiger partial charge in [0, 0.05) is 4.47 Å². The predicted octanol–water partition coefficient (Wildman–Crippen LogP) is 3.63. The number of ketones is 1. The minimum Gasteiger partial charge on any atom is -0.385 e. The number of carbonyl (C=O) groups excluding carboxylic acids is 1. The molecule has 1 heterocycles. The van der Waals surface area contributed by atoms with Crippen LogP contribution in [0.3, 0.4) is 0 Å². The molecule has 1 unspecified atom stereocenters. The molecule has 2 nitrogen and oxygen atoms in total. The molecule has 0 spiro atoms. The Morgan fingerprint density at radius 1 is 1.44 bits per heavy atom. The van der Waals surface area contributed by atoms with Crippen LogP contribution in [0.4, 0.5) is 0 Å². The van der Waals surface area contributed by atoms with Crippen LogP contribution in [-0.4, -0.2) is 17.0 Å². The number of aliphatic hydroxyl groups excluding tert-OH is 1. The third-order valence-corrected chi connectivity index (χ3v) is 5.06. The Bertz CT molecular complexity index is 369. The van der Waals surface area contributed by atoms with Crippen molar-refractivity contribution in [2.45, 2.75) is 38.2 Å². The van der Waals surface area contributed by atoms with Crippen molar-refractivity contribution in [3.8, 4) is 0 Å². The fraction of sp³-hybridized carbons (Fsp3) is 0.583. The number of hydrogen-bond donors (Lipinski definition) is 1. The molecule has 1 aromatic rings. The molecule has 1 aliphatic rings. The Kier molecular flexibility index (Phi) is 4.16. The van der Waals surface area contributed by atoms with Crippen molar-refractivity contribution in [1.82, 2.24) is 0 Å². The molecule has 0 radical (unpaired) electrons. The molecule has 1 aliphatic carbocycles. The SMILES string of the molecule is O=C(c1sccc1Br)C(O)C1CCCCC1. The molecule has 0 aromatic carbocycles. The van der Waals surface area contributed by atoms with Crippen molar-refractivity contribution < 1.29 is 9.90 Å². The van der Waals surface area contributed by atoms with Crippen LogP contribution in [0.15, 0.2) is 15.9 Å². The molecule has 0 amide bonds. The quantitative estimate of drug-likeness (QED) is 0.866. The normalized spacial score (nSPS) is 19.6. The van der Waals surface area contributed by atoms with Gasteiger partial charge in [-0.15, -0.1) is 11.3 Å². The van der Waals surface area contributed by atoms with E-state index in [1.807, 2.05) is 11.4 Å². The molecule has 16 heavy (non-hydrogen) atoms. The topological polar surface area (TPSA) is 37.3 Å². The maximum Gasteiger partial charge on any atom is 0.202 e. The molecule has 88 valence electrons. The molecule has 0 saturated heterocycles. The first kappa shape index (κ1) is 12.3. The Labute approximate surface area is 108 Å². The van der Waals surface area contributed by atoms with E-state index in [2.05, 4.69) is 15.9 Å². The predicted molar refractivity (Wildman–Crippen MR) is 68.9 cm³/mol. The van der Waals surface area contributed by atoms with Crippen molar-refractivity contribution in [3.05, 3.63) is 20.8 Å². The van der Waals surface area contributed by atoms with Gasteiger partial charge in [0.25, 0.3) is 0 Å². The summed E-state index contributed by atoms with van der Waals surface area (Å²) in [6, 6.07) is 1.85. The summed E-state index contributed by atoms with van der Waals surface area (Å²) in [6.45, 7) is 0. The number of aliphatic hydroxyl groups is 1. The maximum atomic E-state index is 12.1. The average molecular weight is 303 g/mol. The molecule has 1 saturated carbocycles. The lowest BCUT2D eigenvalue weighted by Crippen LogP contribution is -2.30. The number of Topliss-reactive ketones (excluding diaryl/α,β-unsaturated/α-hetero) is 1. The lowest BCUT2D eigenvalue weighted by molar-refractivity contribution is 0.0538. The summed E-state index contributed by atoms with van der Waals surface area (Å²) < 4.78 is 0.803. The molecule has 1 fully saturated rings. The minimum absolute atomic E-state index is 0.117. The standard InChI is InChI=1S/C12H15BrO2S/c13-9-6-7-16-12(9)11(15)10(14)8-4-2-1-3-5-8/h6-8,10,14H,1-5H2. The number of thiophene rings is 1. The first-order valence-corrected chi connectivity index (χ1v) is 7.32. The molecule has 4 heteroatoms. The fourth-order valence-corrected chi connectivity index (χ4v) is 3.81. The van der Waals surface area contributed by atoms with Crippen molar-refractivity contribution in [2.24, 2.45) is 5.92 Å². The largest absolute Gasteiger partial charge is 0.385 e. The molecule has 0 aliphatic heterocycles. The number of rotatable bonds is 3. The third-order valence-electron chi connectivity index (χ3n) is 3.21. The molecular formula is C12H15BrO2S. The Morgan fingerprint density at radius 3 is 2.69 bits per heavy atom. The Hall–Kier alpha value is -0.190. The smallest absolute Gasteiger partial charge is 0.202 e. The van der Waals surface area contributed by atoms with E-state index in [4.69, 9.17) is 0 Å². The van der Waals surface area contributed by atoms with Crippen LogP contribution < -0.4 is 0 Å². The van der Waals surface area contributed by atoms with Crippen LogP contribution in [0.2, 0.25) is 0 Å². The van der Waals surface area contributed by atoms with Crippen LogP contribution in [0.5, 0.6) is 0 Å². The zero-order valence-electron chi connectivity index (χ0n) is 8.99. The van der Waals surface area contributed by atoms with Gasteiger partial charge in [0.2, 0.25) is 5.78 Å². The monoisotopic (exact) mass is 302 g/mol. The zero-order valence-corrected chi connectivity index (χ0v) is 11.4. The summed E-state index contributed by atoms with van der Waals surface area (Å²) in [7, 11) is 0. The molecule has 2 rings (SSSR count). The van der Waals surface area contributed by atoms with E-state index in [1.165, 1.54) is 17.8 Å². The summed E-state index contributed by atoms with van der Waals surface area (Å²) in [5.74, 6) is 0.0454. The fourth-order valence-electron chi connectivity index (χ4n) is 2.27. The molecule has 1 N–H and O–H groups in total. The number of halogens is 1. The van der Waals surface area contributed by atoms with E-state index in [1.54, 1.807) is 0 Å². The minimum atomic E-state index is -0.810. The van der Waals surface area contributed by atoms with E-state index in [9.17, 15) is 9.90 Å². The summed E-state index contributed by atoms with van der Waals surface area (Å²) >= 11 is 4.73. The van der Waals surface area contributed by atoms with Gasteiger partial charge >= 0.3 is 0 Å². The van der Waals surface area contributed by atoms with Gasteiger partial charge < -0.3 is 5.11 Å². The van der Waals surface area contributed by atoms with Crippen molar-refractivity contribution >= 4 is 33.0 Å². The van der Waals surface area contributed by atoms with E-state index in [0.29, 0.717) is 4.88 Å². The second kappa shape index (κ2) is 5.43. The van der Waals surface area contributed by atoms with Crippen LogP contribution in [-0.2, 0) is 0 Å². The lowest BCUT2D eigenvalue weighted by Gasteiger charge is -2.25. The van der Waals surface area contributed by atoms with Gasteiger partial charge in [-0.2, -0.15) is 0 Å². The van der Waals surface area contributed by atoms with E-state index < -0.39 is 6.10 Å². The first-order chi connectivity index (χ1) is 7.70. The van der Waals surface area contributed by atoms with Gasteiger partial charge in [-0.25, -0.2) is 0 Å². The highest BCUT2D eigenvalue weighted by atomic mass is 79.9. The highest BCUT2D eigenvalue weighted by Gasteiger charge is 2.29. The van der Waals surface area contributed by atoms with Gasteiger partial charge in [-0.1, -0.05) is 19.3 Å². The van der Waals surface area contributed by atoms with Gasteiger partial charge in [-0.05, 0) is 46.1 Å². The Morgan fingerprint density at radius 2 is 2.12 bits per heavy atom. The third kappa shape index (κ3) is 2.55. The number of carbonyl (C=O) groups is 1. The molecule has 1 atom stereocenters.